The van der Waals surface area contributed by atoms with Crippen molar-refractivity contribution in [3.63, 3.8) is 0 Å². The van der Waals surface area contributed by atoms with Crippen molar-refractivity contribution in [3.8, 4) is 16.9 Å². The van der Waals surface area contributed by atoms with Gasteiger partial charge in [0.2, 0.25) is 0 Å². The number of carbonyl (C=O) groups excluding carboxylic acids is 2. The van der Waals surface area contributed by atoms with E-state index in [0.717, 1.165) is 42.7 Å². The first kappa shape index (κ1) is 26.8. The maximum atomic E-state index is 12.3. The molecular formula is C30H42O3. The molecule has 0 radical (unpaired) electrons. The van der Waals surface area contributed by atoms with Gasteiger partial charge in [-0.15, -0.1) is 0 Å². The SMILES string of the molecule is CCCCCCCCCCCOc1ccc(-c2ccc(C(=O)CC(=O)CCCC)cc2)cc1. The number of hydrogen-bond acceptors (Lipinski definition) is 3. The van der Waals surface area contributed by atoms with E-state index in [1.165, 1.54) is 51.4 Å². The van der Waals surface area contributed by atoms with E-state index >= 15 is 0 Å². The number of carbonyl (C=O) groups is 2. The third kappa shape index (κ3) is 10.8. The summed E-state index contributed by atoms with van der Waals surface area (Å²) >= 11 is 0. The average molecular weight is 451 g/mol. The Kier molecular flexibility index (Phi) is 13.2. The highest BCUT2D eigenvalue weighted by molar-refractivity contribution is 6.08. The maximum absolute atomic E-state index is 12.3. The normalized spacial score (nSPS) is 10.8. The zero-order chi connectivity index (χ0) is 23.7. The summed E-state index contributed by atoms with van der Waals surface area (Å²) in [6.45, 7) is 5.07. The molecular weight excluding hydrogens is 408 g/mol. The van der Waals surface area contributed by atoms with Crippen molar-refractivity contribution in [3.05, 3.63) is 54.1 Å². The fraction of sp³-hybridized carbons (Fsp3) is 0.533. The Morgan fingerprint density at radius 1 is 0.636 bits per heavy atom. The van der Waals surface area contributed by atoms with Crippen LogP contribution in [0.15, 0.2) is 48.5 Å². The van der Waals surface area contributed by atoms with Gasteiger partial charge in [0.15, 0.2) is 5.78 Å². The standard InChI is InChI=1S/C30H42O3/c1-3-5-7-8-9-10-11-12-13-23-33-29-21-19-26(20-22-29)25-15-17-27(18-16-25)30(32)24-28(31)14-6-4-2/h15-22H,3-14,23-24H2,1-2H3. The highest BCUT2D eigenvalue weighted by Crippen LogP contribution is 2.23. The Balaban J connectivity index is 1.69. The lowest BCUT2D eigenvalue weighted by molar-refractivity contribution is -0.118. The first-order valence-electron chi connectivity index (χ1n) is 13.0. The fourth-order valence-electron chi connectivity index (χ4n) is 3.94. The monoisotopic (exact) mass is 450 g/mol. The second-order valence-corrected chi connectivity index (χ2v) is 9.02. The molecule has 0 heterocycles. The van der Waals surface area contributed by atoms with Gasteiger partial charge >= 0.3 is 0 Å². The molecule has 0 aromatic heterocycles. The molecule has 3 nitrogen and oxygen atoms in total. The van der Waals surface area contributed by atoms with Crippen molar-refractivity contribution in [2.75, 3.05) is 6.61 Å². The number of rotatable bonds is 18. The van der Waals surface area contributed by atoms with Gasteiger partial charge < -0.3 is 4.74 Å². The third-order valence-electron chi connectivity index (χ3n) is 6.08. The molecule has 2 rings (SSSR count). The van der Waals surface area contributed by atoms with Crippen molar-refractivity contribution in [1.29, 1.82) is 0 Å². The van der Waals surface area contributed by atoms with Crippen molar-refractivity contribution in [1.82, 2.24) is 0 Å². The van der Waals surface area contributed by atoms with E-state index in [1.807, 2.05) is 43.3 Å². The van der Waals surface area contributed by atoms with Crippen LogP contribution in [0.5, 0.6) is 5.75 Å². The second-order valence-electron chi connectivity index (χ2n) is 9.02. The van der Waals surface area contributed by atoms with Gasteiger partial charge in [-0.3, -0.25) is 9.59 Å². The molecule has 0 saturated heterocycles. The van der Waals surface area contributed by atoms with Gasteiger partial charge in [0, 0.05) is 12.0 Å². The minimum atomic E-state index is -0.0945. The summed E-state index contributed by atoms with van der Waals surface area (Å²) in [7, 11) is 0. The lowest BCUT2D eigenvalue weighted by Crippen LogP contribution is -2.07. The van der Waals surface area contributed by atoms with Gasteiger partial charge in [0.05, 0.1) is 13.0 Å². The number of benzene rings is 2. The van der Waals surface area contributed by atoms with Crippen LogP contribution in [0, 0.1) is 0 Å². The Labute approximate surface area is 200 Å². The van der Waals surface area contributed by atoms with Gasteiger partial charge in [-0.1, -0.05) is 108 Å². The Bertz CT molecular complexity index is 805. The van der Waals surface area contributed by atoms with Gasteiger partial charge in [0.1, 0.15) is 11.5 Å². The topological polar surface area (TPSA) is 43.4 Å². The van der Waals surface area contributed by atoms with Crippen LogP contribution < -0.4 is 4.74 Å². The summed E-state index contributed by atoms with van der Waals surface area (Å²) in [4.78, 5) is 24.2. The van der Waals surface area contributed by atoms with E-state index in [1.54, 1.807) is 0 Å². The zero-order valence-electron chi connectivity index (χ0n) is 20.7. The van der Waals surface area contributed by atoms with Crippen molar-refractivity contribution in [2.45, 2.75) is 97.3 Å². The quantitative estimate of drug-likeness (QED) is 0.130. The number of ether oxygens (including phenoxy) is 1. The summed E-state index contributed by atoms with van der Waals surface area (Å²) in [6.07, 6.45) is 14.1. The highest BCUT2D eigenvalue weighted by Gasteiger charge is 2.11. The largest absolute Gasteiger partial charge is 0.494 e. The molecule has 0 aliphatic carbocycles. The lowest BCUT2D eigenvalue weighted by Gasteiger charge is -2.08. The van der Waals surface area contributed by atoms with Crippen molar-refractivity contribution >= 4 is 11.6 Å². The fourth-order valence-corrected chi connectivity index (χ4v) is 3.94. The van der Waals surface area contributed by atoms with Crippen LogP contribution in [0.1, 0.15) is 108 Å². The summed E-state index contributed by atoms with van der Waals surface area (Å²) in [5.41, 5.74) is 2.74. The minimum absolute atomic E-state index is 0.00431. The highest BCUT2D eigenvalue weighted by atomic mass is 16.5. The van der Waals surface area contributed by atoms with Crippen molar-refractivity contribution < 1.29 is 14.3 Å². The van der Waals surface area contributed by atoms with E-state index in [4.69, 9.17) is 4.74 Å². The van der Waals surface area contributed by atoms with Crippen LogP contribution in [-0.2, 0) is 4.79 Å². The summed E-state index contributed by atoms with van der Waals surface area (Å²) in [5, 5.41) is 0. The number of hydrogen-bond donors (Lipinski definition) is 0. The summed E-state index contributed by atoms with van der Waals surface area (Å²) < 4.78 is 5.90. The minimum Gasteiger partial charge on any atom is -0.494 e. The molecule has 0 aliphatic rings. The molecule has 180 valence electrons. The Morgan fingerprint density at radius 3 is 1.73 bits per heavy atom. The summed E-state index contributed by atoms with van der Waals surface area (Å²) in [5.74, 6) is 0.836. The van der Waals surface area contributed by atoms with E-state index in [2.05, 4.69) is 19.1 Å². The first-order chi connectivity index (χ1) is 16.1. The zero-order valence-corrected chi connectivity index (χ0v) is 20.7. The van der Waals surface area contributed by atoms with E-state index in [9.17, 15) is 9.59 Å². The maximum Gasteiger partial charge on any atom is 0.170 e. The molecule has 0 aliphatic heterocycles. The molecule has 0 unspecified atom stereocenters. The van der Waals surface area contributed by atoms with Crippen LogP contribution >= 0.6 is 0 Å². The van der Waals surface area contributed by atoms with Crippen molar-refractivity contribution in [2.24, 2.45) is 0 Å². The molecule has 0 amide bonds. The van der Waals surface area contributed by atoms with Crippen LogP contribution in [0.3, 0.4) is 0 Å². The second kappa shape index (κ2) is 16.2. The predicted molar refractivity (Wildman–Crippen MR) is 138 cm³/mol. The Morgan fingerprint density at radius 2 is 1.15 bits per heavy atom. The molecule has 2 aromatic rings. The molecule has 0 spiro atoms. The smallest absolute Gasteiger partial charge is 0.170 e. The molecule has 0 N–H and O–H groups in total. The van der Waals surface area contributed by atoms with Crippen LogP contribution in [0.25, 0.3) is 11.1 Å². The third-order valence-corrected chi connectivity index (χ3v) is 6.08. The van der Waals surface area contributed by atoms with E-state index in [0.29, 0.717) is 12.0 Å². The van der Waals surface area contributed by atoms with Crippen LogP contribution in [-0.4, -0.2) is 18.2 Å². The van der Waals surface area contributed by atoms with Gasteiger partial charge in [-0.25, -0.2) is 0 Å². The number of ketones is 2. The van der Waals surface area contributed by atoms with Gasteiger partial charge in [-0.05, 0) is 36.1 Å². The number of unbranched alkanes of at least 4 members (excludes halogenated alkanes) is 9. The van der Waals surface area contributed by atoms with Gasteiger partial charge in [-0.2, -0.15) is 0 Å². The van der Waals surface area contributed by atoms with Crippen LogP contribution in [0.2, 0.25) is 0 Å². The van der Waals surface area contributed by atoms with Gasteiger partial charge in [0.25, 0.3) is 0 Å². The van der Waals surface area contributed by atoms with E-state index in [-0.39, 0.29) is 18.0 Å². The molecule has 3 heteroatoms. The summed E-state index contributed by atoms with van der Waals surface area (Å²) in [6, 6.07) is 15.7. The molecule has 2 aromatic carbocycles. The lowest BCUT2D eigenvalue weighted by atomic mass is 9.99. The van der Waals surface area contributed by atoms with E-state index < -0.39 is 0 Å². The first-order valence-corrected chi connectivity index (χ1v) is 13.0. The molecule has 0 atom stereocenters. The molecule has 0 fully saturated rings. The number of Topliss-reactive ketones (excluding diaryl/α,β-unsaturated/α-hetero) is 2. The average Bonchev–Trinajstić information content (AvgIpc) is 2.84. The Hall–Kier alpha value is -2.42. The predicted octanol–water partition coefficient (Wildman–Crippen LogP) is 8.60. The molecule has 0 bridgehead atoms. The van der Waals surface area contributed by atoms with Crippen LogP contribution in [0.4, 0.5) is 0 Å². The molecule has 33 heavy (non-hydrogen) atoms. The molecule has 0 saturated carbocycles.